The summed E-state index contributed by atoms with van der Waals surface area (Å²) in [6.07, 6.45) is 1.19. The molecule has 0 aromatic heterocycles. The van der Waals surface area contributed by atoms with Gasteiger partial charge in [-0.2, -0.15) is 0 Å². The van der Waals surface area contributed by atoms with Crippen molar-refractivity contribution < 1.29 is 9.18 Å². The Kier molecular flexibility index (Phi) is 5.12. The Balaban J connectivity index is 1.86. The van der Waals surface area contributed by atoms with E-state index >= 15 is 0 Å². The number of hydrogen-bond donors (Lipinski definition) is 0. The number of carbonyl (C=O) groups excluding carboxylic acids is 1. The Morgan fingerprint density at radius 3 is 2.55 bits per heavy atom. The number of piperazine rings is 1. The van der Waals surface area contributed by atoms with Crippen molar-refractivity contribution in [1.29, 1.82) is 0 Å². The summed E-state index contributed by atoms with van der Waals surface area (Å²) >= 11 is 0. The third-order valence-corrected chi connectivity index (χ3v) is 3.75. The molecule has 0 N–H and O–H groups in total. The number of halogens is 1. The average Bonchev–Trinajstić information content (AvgIpc) is 2.45. The molecule has 4 heteroatoms. The molecule has 2 rings (SSSR count). The fraction of sp³-hybridized carbons (Fsp3) is 0.562. The van der Waals surface area contributed by atoms with E-state index in [4.69, 9.17) is 0 Å². The van der Waals surface area contributed by atoms with Crippen LogP contribution in [0.25, 0.3) is 0 Å². The fourth-order valence-corrected chi connectivity index (χ4v) is 2.42. The van der Waals surface area contributed by atoms with Gasteiger partial charge in [0.05, 0.1) is 0 Å². The SMILES string of the molecule is CC(C)CCN1CCN(C(=O)c2cccc(F)c2)CC1. The molecule has 0 atom stereocenters. The molecule has 0 spiro atoms. The summed E-state index contributed by atoms with van der Waals surface area (Å²) in [6.45, 7) is 8.83. The van der Waals surface area contributed by atoms with E-state index < -0.39 is 0 Å². The van der Waals surface area contributed by atoms with Gasteiger partial charge in [0.25, 0.3) is 5.91 Å². The van der Waals surface area contributed by atoms with Crippen LogP contribution in [-0.4, -0.2) is 48.4 Å². The number of nitrogens with zero attached hydrogens (tertiary/aromatic N) is 2. The predicted octanol–water partition coefficient (Wildman–Crippen LogP) is 2.63. The highest BCUT2D eigenvalue weighted by atomic mass is 19.1. The molecule has 1 saturated heterocycles. The van der Waals surface area contributed by atoms with E-state index in [0.29, 0.717) is 11.5 Å². The Morgan fingerprint density at radius 1 is 1.25 bits per heavy atom. The summed E-state index contributed by atoms with van der Waals surface area (Å²) in [5.74, 6) is 0.293. The monoisotopic (exact) mass is 278 g/mol. The summed E-state index contributed by atoms with van der Waals surface area (Å²) in [5.41, 5.74) is 0.445. The molecule has 1 amide bonds. The maximum atomic E-state index is 13.2. The Morgan fingerprint density at radius 2 is 1.95 bits per heavy atom. The van der Waals surface area contributed by atoms with Gasteiger partial charge < -0.3 is 4.90 Å². The number of carbonyl (C=O) groups is 1. The summed E-state index contributed by atoms with van der Waals surface area (Å²) in [5, 5.41) is 0. The highest BCUT2D eigenvalue weighted by Gasteiger charge is 2.22. The molecule has 1 heterocycles. The number of benzene rings is 1. The van der Waals surface area contributed by atoms with Crippen LogP contribution in [0.15, 0.2) is 24.3 Å². The van der Waals surface area contributed by atoms with Gasteiger partial charge in [0.2, 0.25) is 0 Å². The first-order valence-corrected chi connectivity index (χ1v) is 7.33. The molecule has 0 aliphatic carbocycles. The van der Waals surface area contributed by atoms with Gasteiger partial charge in [-0.05, 0) is 37.1 Å². The van der Waals surface area contributed by atoms with Crippen LogP contribution in [0.4, 0.5) is 4.39 Å². The zero-order valence-electron chi connectivity index (χ0n) is 12.3. The second-order valence-electron chi connectivity index (χ2n) is 5.83. The first-order valence-electron chi connectivity index (χ1n) is 7.33. The summed E-state index contributed by atoms with van der Waals surface area (Å²) < 4.78 is 13.2. The highest BCUT2D eigenvalue weighted by Crippen LogP contribution is 2.11. The van der Waals surface area contributed by atoms with Crippen LogP contribution < -0.4 is 0 Å². The van der Waals surface area contributed by atoms with Crippen LogP contribution in [0, 0.1) is 11.7 Å². The molecule has 110 valence electrons. The van der Waals surface area contributed by atoms with Gasteiger partial charge in [0, 0.05) is 31.7 Å². The molecule has 0 saturated carbocycles. The predicted molar refractivity (Wildman–Crippen MR) is 78.2 cm³/mol. The van der Waals surface area contributed by atoms with Crippen molar-refractivity contribution >= 4 is 5.91 Å². The van der Waals surface area contributed by atoms with Crippen molar-refractivity contribution in [1.82, 2.24) is 9.80 Å². The second kappa shape index (κ2) is 6.84. The molecule has 1 aliphatic rings. The third kappa shape index (κ3) is 4.04. The van der Waals surface area contributed by atoms with Crippen LogP contribution in [0.2, 0.25) is 0 Å². The van der Waals surface area contributed by atoms with Crippen molar-refractivity contribution in [2.45, 2.75) is 20.3 Å². The quantitative estimate of drug-likeness (QED) is 0.845. The van der Waals surface area contributed by atoms with E-state index in [9.17, 15) is 9.18 Å². The minimum atomic E-state index is -0.355. The zero-order chi connectivity index (χ0) is 14.5. The molecular formula is C16H23FN2O. The Hall–Kier alpha value is -1.42. The molecule has 1 aromatic rings. The fourth-order valence-electron chi connectivity index (χ4n) is 2.42. The van der Waals surface area contributed by atoms with Gasteiger partial charge in [0.1, 0.15) is 5.82 Å². The van der Waals surface area contributed by atoms with Gasteiger partial charge in [-0.1, -0.05) is 19.9 Å². The molecule has 0 radical (unpaired) electrons. The molecule has 1 aromatic carbocycles. The second-order valence-corrected chi connectivity index (χ2v) is 5.83. The van der Waals surface area contributed by atoms with E-state index in [1.165, 1.54) is 18.6 Å². The summed E-state index contributed by atoms with van der Waals surface area (Å²) in [6, 6.07) is 5.94. The Labute approximate surface area is 120 Å². The lowest BCUT2D eigenvalue weighted by atomic mass is 10.1. The van der Waals surface area contributed by atoms with Gasteiger partial charge >= 0.3 is 0 Å². The first kappa shape index (κ1) is 15.0. The van der Waals surface area contributed by atoms with Crippen molar-refractivity contribution in [3.05, 3.63) is 35.6 Å². The normalized spacial score (nSPS) is 16.7. The van der Waals surface area contributed by atoms with Crippen LogP contribution in [0.1, 0.15) is 30.6 Å². The van der Waals surface area contributed by atoms with E-state index in [2.05, 4.69) is 18.7 Å². The zero-order valence-corrected chi connectivity index (χ0v) is 12.3. The molecule has 20 heavy (non-hydrogen) atoms. The molecule has 1 fully saturated rings. The van der Waals surface area contributed by atoms with Gasteiger partial charge in [-0.15, -0.1) is 0 Å². The largest absolute Gasteiger partial charge is 0.336 e. The van der Waals surface area contributed by atoms with Gasteiger partial charge in [0.15, 0.2) is 0 Å². The molecular weight excluding hydrogens is 255 g/mol. The van der Waals surface area contributed by atoms with Crippen LogP contribution in [0.5, 0.6) is 0 Å². The standard InChI is InChI=1S/C16H23FN2O/c1-13(2)6-7-18-8-10-19(11-9-18)16(20)14-4-3-5-15(17)12-14/h3-5,12-13H,6-11H2,1-2H3. The molecule has 1 aliphatic heterocycles. The first-order chi connectivity index (χ1) is 9.56. The van der Waals surface area contributed by atoms with Crippen LogP contribution >= 0.6 is 0 Å². The molecule has 0 bridgehead atoms. The van der Waals surface area contributed by atoms with Gasteiger partial charge in [-0.3, -0.25) is 9.69 Å². The van der Waals surface area contributed by atoms with Crippen molar-refractivity contribution in [3.8, 4) is 0 Å². The lowest BCUT2D eigenvalue weighted by Gasteiger charge is -2.35. The van der Waals surface area contributed by atoms with E-state index in [0.717, 1.165) is 32.7 Å². The molecule has 3 nitrogen and oxygen atoms in total. The maximum Gasteiger partial charge on any atom is 0.254 e. The van der Waals surface area contributed by atoms with Crippen LogP contribution in [0.3, 0.4) is 0 Å². The minimum absolute atomic E-state index is 0.0620. The van der Waals surface area contributed by atoms with Crippen LogP contribution in [-0.2, 0) is 0 Å². The van der Waals surface area contributed by atoms with Crippen molar-refractivity contribution in [3.63, 3.8) is 0 Å². The number of hydrogen-bond acceptors (Lipinski definition) is 2. The smallest absolute Gasteiger partial charge is 0.254 e. The lowest BCUT2D eigenvalue weighted by molar-refractivity contribution is 0.0631. The topological polar surface area (TPSA) is 23.6 Å². The minimum Gasteiger partial charge on any atom is -0.336 e. The average molecular weight is 278 g/mol. The Bertz CT molecular complexity index is 454. The number of amides is 1. The van der Waals surface area contributed by atoms with E-state index in [1.54, 1.807) is 12.1 Å². The van der Waals surface area contributed by atoms with E-state index in [1.807, 2.05) is 4.90 Å². The highest BCUT2D eigenvalue weighted by molar-refractivity contribution is 5.94. The molecule has 0 unspecified atom stereocenters. The van der Waals surface area contributed by atoms with E-state index in [-0.39, 0.29) is 11.7 Å². The summed E-state index contributed by atoms with van der Waals surface area (Å²) in [7, 11) is 0. The summed E-state index contributed by atoms with van der Waals surface area (Å²) in [4.78, 5) is 16.5. The number of rotatable bonds is 4. The van der Waals surface area contributed by atoms with Crippen molar-refractivity contribution in [2.24, 2.45) is 5.92 Å². The van der Waals surface area contributed by atoms with Gasteiger partial charge in [-0.25, -0.2) is 4.39 Å². The maximum absolute atomic E-state index is 13.2. The third-order valence-electron chi connectivity index (χ3n) is 3.75. The lowest BCUT2D eigenvalue weighted by Crippen LogP contribution is -2.49. The van der Waals surface area contributed by atoms with Crippen molar-refractivity contribution in [2.75, 3.05) is 32.7 Å².